The Morgan fingerprint density at radius 2 is 2.04 bits per heavy atom. The molecular weight excluding hydrogens is 314 g/mol. The van der Waals surface area contributed by atoms with Gasteiger partial charge in [0.1, 0.15) is 29.8 Å². The van der Waals surface area contributed by atoms with E-state index in [0.29, 0.717) is 11.5 Å². The van der Waals surface area contributed by atoms with Crippen molar-refractivity contribution < 1.29 is 24.5 Å². The number of ether oxygens (including phenoxy) is 1. The van der Waals surface area contributed by atoms with Crippen LogP contribution in [0.3, 0.4) is 0 Å². The molecule has 3 aromatic rings. The summed E-state index contributed by atoms with van der Waals surface area (Å²) in [7, 11) is 0. The molecule has 1 aliphatic heterocycles. The molecule has 4 atom stereocenters. The van der Waals surface area contributed by atoms with Crippen molar-refractivity contribution in [3.8, 4) is 11.3 Å². The van der Waals surface area contributed by atoms with Crippen LogP contribution in [-0.4, -0.2) is 54.8 Å². The Labute approximate surface area is 137 Å². The summed E-state index contributed by atoms with van der Waals surface area (Å²) in [5.41, 5.74) is 2.12. The Morgan fingerprint density at radius 3 is 2.71 bits per heavy atom. The molecule has 126 valence electrons. The quantitative estimate of drug-likeness (QED) is 0.644. The summed E-state index contributed by atoms with van der Waals surface area (Å²) in [5.74, 6) is 0.561. The molecule has 0 saturated carbocycles. The molecule has 2 unspecified atom stereocenters. The maximum atomic E-state index is 10.2. The highest BCUT2D eigenvalue weighted by Crippen LogP contribution is 2.34. The summed E-state index contributed by atoms with van der Waals surface area (Å²) >= 11 is 0. The molecule has 8 nitrogen and oxygen atoms in total. The predicted octanol–water partition coefficient (Wildman–Crippen LogP) is 0.611. The lowest BCUT2D eigenvalue weighted by atomic mass is 10.1. The van der Waals surface area contributed by atoms with E-state index in [2.05, 4.69) is 9.97 Å². The number of hydrogen-bond donors (Lipinski definition) is 3. The standard InChI is InChI=1S/C16H17N3O5/c1-8-17-12(9-3-5-23-7-9)10-2-4-19(15(10)18-8)16-14(22)13(21)11(6-20)24-16/h2-5,7,11,13-14,16,20-22H,6H2,1H3/t11-,13?,14?,16-/m1/s1. The first kappa shape index (κ1) is 15.3. The van der Waals surface area contributed by atoms with Gasteiger partial charge in [-0.25, -0.2) is 9.97 Å². The number of furan rings is 1. The molecule has 0 radical (unpaired) electrons. The average Bonchev–Trinajstić information content (AvgIpc) is 3.28. The second kappa shape index (κ2) is 5.67. The van der Waals surface area contributed by atoms with Crippen molar-refractivity contribution in [1.82, 2.24) is 14.5 Å². The van der Waals surface area contributed by atoms with Crippen LogP contribution >= 0.6 is 0 Å². The zero-order chi connectivity index (χ0) is 16.8. The molecule has 3 N–H and O–H groups in total. The van der Waals surface area contributed by atoms with Crippen LogP contribution in [0.5, 0.6) is 0 Å². The smallest absolute Gasteiger partial charge is 0.164 e. The van der Waals surface area contributed by atoms with Crippen LogP contribution < -0.4 is 0 Å². The molecule has 4 rings (SSSR count). The van der Waals surface area contributed by atoms with E-state index in [1.807, 2.05) is 12.1 Å². The third-order valence-corrected chi connectivity index (χ3v) is 4.27. The maximum Gasteiger partial charge on any atom is 0.164 e. The third-order valence-electron chi connectivity index (χ3n) is 4.27. The molecule has 0 aromatic carbocycles. The first-order chi connectivity index (χ1) is 11.6. The van der Waals surface area contributed by atoms with Gasteiger partial charge in [0.2, 0.25) is 0 Å². The summed E-state index contributed by atoms with van der Waals surface area (Å²) < 4.78 is 12.4. The van der Waals surface area contributed by atoms with E-state index in [1.165, 1.54) is 0 Å². The predicted molar refractivity (Wildman–Crippen MR) is 83.0 cm³/mol. The van der Waals surface area contributed by atoms with Gasteiger partial charge in [-0.15, -0.1) is 0 Å². The van der Waals surface area contributed by atoms with Crippen LogP contribution in [0.25, 0.3) is 22.3 Å². The van der Waals surface area contributed by atoms with Crippen molar-refractivity contribution in [2.24, 2.45) is 0 Å². The number of aliphatic hydroxyl groups excluding tert-OH is 3. The highest BCUT2D eigenvalue weighted by atomic mass is 16.6. The second-order valence-corrected chi connectivity index (χ2v) is 5.82. The van der Waals surface area contributed by atoms with Crippen LogP contribution in [0.4, 0.5) is 0 Å². The summed E-state index contributed by atoms with van der Waals surface area (Å²) in [6.45, 7) is 1.40. The summed E-state index contributed by atoms with van der Waals surface area (Å²) in [6.07, 6.45) is 0.911. The zero-order valence-electron chi connectivity index (χ0n) is 12.9. The number of rotatable bonds is 3. The molecule has 8 heteroatoms. The fraction of sp³-hybridized carbons (Fsp3) is 0.375. The molecule has 0 aliphatic carbocycles. The summed E-state index contributed by atoms with van der Waals surface area (Å²) in [5, 5.41) is 30.2. The van der Waals surface area contributed by atoms with E-state index in [9.17, 15) is 15.3 Å². The molecular formula is C16H17N3O5. The minimum Gasteiger partial charge on any atom is -0.472 e. The van der Waals surface area contributed by atoms with Crippen molar-refractivity contribution in [3.63, 3.8) is 0 Å². The highest BCUT2D eigenvalue weighted by molar-refractivity contribution is 5.91. The van der Waals surface area contributed by atoms with E-state index >= 15 is 0 Å². The van der Waals surface area contributed by atoms with Gasteiger partial charge in [0, 0.05) is 17.1 Å². The minimum atomic E-state index is -1.16. The zero-order valence-corrected chi connectivity index (χ0v) is 12.9. The number of aryl methyl sites for hydroxylation is 1. The molecule has 0 amide bonds. The van der Waals surface area contributed by atoms with Crippen molar-refractivity contribution in [2.45, 2.75) is 31.5 Å². The monoisotopic (exact) mass is 331 g/mol. The lowest BCUT2D eigenvalue weighted by molar-refractivity contribution is -0.0508. The molecule has 0 spiro atoms. The topological polar surface area (TPSA) is 114 Å². The van der Waals surface area contributed by atoms with Gasteiger partial charge < -0.3 is 29.0 Å². The Kier molecular flexibility index (Phi) is 3.61. The number of nitrogens with zero attached hydrogens (tertiary/aromatic N) is 3. The van der Waals surface area contributed by atoms with Gasteiger partial charge in [0.05, 0.1) is 24.8 Å². The Bertz CT molecular complexity index is 860. The number of fused-ring (bicyclic) bond motifs is 1. The number of aliphatic hydroxyl groups is 3. The van der Waals surface area contributed by atoms with Gasteiger partial charge in [-0.3, -0.25) is 0 Å². The summed E-state index contributed by atoms with van der Waals surface area (Å²) in [4.78, 5) is 8.92. The van der Waals surface area contributed by atoms with Crippen LogP contribution in [0.15, 0.2) is 35.3 Å². The Morgan fingerprint density at radius 1 is 1.21 bits per heavy atom. The van der Waals surface area contributed by atoms with Gasteiger partial charge >= 0.3 is 0 Å². The molecule has 24 heavy (non-hydrogen) atoms. The van der Waals surface area contributed by atoms with E-state index in [0.717, 1.165) is 16.6 Å². The molecule has 0 bridgehead atoms. The van der Waals surface area contributed by atoms with Crippen LogP contribution in [0.2, 0.25) is 0 Å². The van der Waals surface area contributed by atoms with Crippen molar-refractivity contribution >= 4 is 11.0 Å². The van der Waals surface area contributed by atoms with E-state index in [-0.39, 0.29) is 6.61 Å². The first-order valence-electron chi connectivity index (χ1n) is 7.60. The maximum absolute atomic E-state index is 10.2. The van der Waals surface area contributed by atoms with Gasteiger partial charge in [-0.2, -0.15) is 0 Å². The van der Waals surface area contributed by atoms with E-state index < -0.39 is 24.5 Å². The average molecular weight is 331 g/mol. The lowest BCUT2D eigenvalue weighted by Crippen LogP contribution is -2.33. The molecule has 1 fully saturated rings. The van der Waals surface area contributed by atoms with Crippen LogP contribution in [0, 0.1) is 6.92 Å². The lowest BCUT2D eigenvalue weighted by Gasteiger charge is -2.17. The van der Waals surface area contributed by atoms with Gasteiger partial charge in [-0.1, -0.05) is 0 Å². The summed E-state index contributed by atoms with van der Waals surface area (Å²) in [6, 6.07) is 3.64. The van der Waals surface area contributed by atoms with E-state index in [1.54, 1.807) is 30.2 Å². The second-order valence-electron chi connectivity index (χ2n) is 5.82. The molecule has 4 heterocycles. The van der Waals surface area contributed by atoms with Crippen molar-refractivity contribution in [2.75, 3.05) is 6.61 Å². The van der Waals surface area contributed by atoms with Gasteiger partial charge in [-0.05, 0) is 19.1 Å². The van der Waals surface area contributed by atoms with Crippen molar-refractivity contribution in [1.29, 1.82) is 0 Å². The molecule has 3 aromatic heterocycles. The van der Waals surface area contributed by atoms with Crippen molar-refractivity contribution in [3.05, 3.63) is 36.7 Å². The largest absolute Gasteiger partial charge is 0.472 e. The SMILES string of the molecule is Cc1nc(-c2ccoc2)c2ccn([C@@H]3O[C@H](CO)C(O)C3O)c2n1. The fourth-order valence-electron chi connectivity index (χ4n) is 3.08. The molecule has 1 saturated heterocycles. The van der Waals surface area contributed by atoms with Gasteiger partial charge in [0.15, 0.2) is 6.23 Å². The minimum absolute atomic E-state index is 0.373. The first-order valence-corrected chi connectivity index (χ1v) is 7.60. The highest BCUT2D eigenvalue weighted by Gasteiger charge is 2.43. The van der Waals surface area contributed by atoms with Gasteiger partial charge in [0.25, 0.3) is 0 Å². The van der Waals surface area contributed by atoms with Crippen LogP contribution in [0.1, 0.15) is 12.1 Å². The Balaban J connectivity index is 1.84. The van der Waals surface area contributed by atoms with E-state index in [4.69, 9.17) is 9.15 Å². The molecule has 1 aliphatic rings. The number of hydrogen-bond acceptors (Lipinski definition) is 7. The Hall–Kier alpha value is -2.26. The fourth-order valence-corrected chi connectivity index (χ4v) is 3.08. The normalized spacial score (nSPS) is 27.2. The van der Waals surface area contributed by atoms with Crippen LogP contribution in [-0.2, 0) is 4.74 Å². The number of aromatic nitrogens is 3. The third kappa shape index (κ3) is 2.23.